The molecule has 0 fully saturated rings. The fourth-order valence-electron chi connectivity index (χ4n) is 1.83. The Morgan fingerprint density at radius 1 is 1.37 bits per heavy atom. The first-order valence-corrected chi connectivity index (χ1v) is 6.99. The number of hydrogen-bond donors (Lipinski definition) is 1. The summed E-state index contributed by atoms with van der Waals surface area (Å²) in [6.07, 6.45) is 4.61. The van der Waals surface area contributed by atoms with E-state index < -0.39 is 0 Å². The summed E-state index contributed by atoms with van der Waals surface area (Å²) in [5, 5.41) is 11.5. The quantitative estimate of drug-likeness (QED) is 0.907. The van der Waals surface area contributed by atoms with Crippen molar-refractivity contribution in [2.75, 3.05) is 6.54 Å². The predicted molar refractivity (Wildman–Crippen MR) is 75.6 cm³/mol. The first kappa shape index (κ1) is 14.1. The fraction of sp³-hybridized carbons (Fsp3) is 0.500. The van der Waals surface area contributed by atoms with Crippen LogP contribution < -0.4 is 5.32 Å². The van der Waals surface area contributed by atoms with E-state index in [-0.39, 0.29) is 6.04 Å². The molecule has 2 heterocycles. The molecule has 0 bridgehead atoms. The van der Waals surface area contributed by atoms with Gasteiger partial charge < -0.3 is 5.32 Å². The average Bonchev–Trinajstić information content (AvgIpc) is 2.73. The summed E-state index contributed by atoms with van der Waals surface area (Å²) >= 11 is 3.44. The molecule has 0 saturated carbocycles. The average molecular weight is 325 g/mol. The molecule has 1 atom stereocenters. The Labute approximate surface area is 120 Å². The van der Waals surface area contributed by atoms with Gasteiger partial charge in [-0.1, -0.05) is 12.1 Å². The van der Waals surface area contributed by atoms with Gasteiger partial charge in [-0.2, -0.15) is 0 Å². The van der Waals surface area contributed by atoms with Crippen molar-refractivity contribution >= 4 is 15.9 Å². The molecule has 7 heteroatoms. The lowest BCUT2D eigenvalue weighted by molar-refractivity contribution is 0.538. The summed E-state index contributed by atoms with van der Waals surface area (Å²) in [6, 6.07) is -0.0672. The Morgan fingerprint density at radius 3 is 2.68 bits per heavy atom. The molecule has 6 nitrogen and oxygen atoms in total. The summed E-state index contributed by atoms with van der Waals surface area (Å²) in [5.74, 6) is 0. The second-order valence-electron chi connectivity index (χ2n) is 4.36. The van der Waals surface area contributed by atoms with E-state index in [1.807, 2.05) is 14.0 Å². The van der Waals surface area contributed by atoms with Crippen LogP contribution in [-0.2, 0) is 7.05 Å². The van der Waals surface area contributed by atoms with Crippen molar-refractivity contribution in [3.8, 4) is 0 Å². The molecule has 0 aliphatic rings. The maximum Gasteiger partial charge on any atom is 0.153 e. The van der Waals surface area contributed by atoms with Crippen LogP contribution in [-0.4, -0.2) is 31.5 Å². The highest BCUT2D eigenvalue weighted by Crippen LogP contribution is 2.25. The Hall–Kier alpha value is -1.34. The molecule has 0 spiro atoms. The summed E-state index contributed by atoms with van der Waals surface area (Å²) < 4.78 is 2.48. The van der Waals surface area contributed by atoms with Crippen LogP contribution in [0.25, 0.3) is 0 Å². The Bertz CT molecular complexity index is 516. The molecule has 0 aromatic carbocycles. The zero-order chi connectivity index (χ0) is 13.8. The highest BCUT2D eigenvalue weighted by molar-refractivity contribution is 9.10. The highest BCUT2D eigenvalue weighted by atomic mass is 79.9. The monoisotopic (exact) mass is 324 g/mol. The van der Waals surface area contributed by atoms with Crippen LogP contribution in [0, 0.1) is 6.92 Å². The maximum atomic E-state index is 4.45. The molecule has 1 N–H and O–H groups in total. The van der Waals surface area contributed by atoms with Gasteiger partial charge in [0.15, 0.2) is 4.60 Å². The van der Waals surface area contributed by atoms with Crippen LogP contribution in [0.3, 0.4) is 0 Å². The van der Waals surface area contributed by atoms with Crippen molar-refractivity contribution in [2.45, 2.75) is 26.3 Å². The summed E-state index contributed by atoms with van der Waals surface area (Å²) in [5.41, 5.74) is 2.72. The van der Waals surface area contributed by atoms with Crippen LogP contribution in [0.4, 0.5) is 0 Å². The molecule has 2 aromatic rings. The standard InChI is InChI=1S/C12H17BrN6/c1-4-5-14-10(9-7-15-8(2)6-16-9)11-12(13)17-18-19(11)3/h6-7,10,14H,4-5H2,1-3H3. The van der Waals surface area contributed by atoms with Crippen molar-refractivity contribution in [1.29, 1.82) is 0 Å². The SMILES string of the molecule is CCCNC(c1cnc(C)cn1)c1c(Br)nnn1C. The van der Waals surface area contributed by atoms with Gasteiger partial charge in [0.1, 0.15) is 0 Å². The highest BCUT2D eigenvalue weighted by Gasteiger charge is 2.22. The van der Waals surface area contributed by atoms with E-state index in [9.17, 15) is 0 Å². The first-order chi connectivity index (χ1) is 9.13. The predicted octanol–water partition coefficient (Wildman–Crippen LogP) is 1.77. The van der Waals surface area contributed by atoms with Gasteiger partial charge in [0.25, 0.3) is 0 Å². The number of aromatic nitrogens is 5. The molecule has 2 rings (SSSR count). The van der Waals surface area contributed by atoms with Gasteiger partial charge >= 0.3 is 0 Å². The number of nitrogens with zero attached hydrogens (tertiary/aromatic N) is 5. The molecule has 0 radical (unpaired) electrons. The molecular formula is C12H17BrN6. The van der Waals surface area contributed by atoms with Crippen molar-refractivity contribution in [1.82, 2.24) is 30.3 Å². The van der Waals surface area contributed by atoms with Crippen LogP contribution >= 0.6 is 15.9 Å². The van der Waals surface area contributed by atoms with Gasteiger partial charge in [-0.25, -0.2) is 4.68 Å². The minimum atomic E-state index is -0.0672. The van der Waals surface area contributed by atoms with Gasteiger partial charge in [-0.15, -0.1) is 5.10 Å². The largest absolute Gasteiger partial charge is 0.304 e. The van der Waals surface area contributed by atoms with Crippen molar-refractivity contribution in [3.63, 3.8) is 0 Å². The lowest BCUT2D eigenvalue weighted by atomic mass is 10.1. The third-order valence-corrected chi connectivity index (χ3v) is 3.36. The first-order valence-electron chi connectivity index (χ1n) is 6.20. The minimum absolute atomic E-state index is 0.0672. The van der Waals surface area contributed by atoms with E-state index >= 15 is 0 Å². The zero-order valence-corrected chi connectivity index (χ0v) is 12.8. The smallest absolute Gasteiger partial charge is 0.153 e. The van der Waals surface area contributed by atoms with Gasteiger partial charge in [-0.05, 0) is 35.8 Å². The van der Waals surface area contributed by atoms with E-state index in [1.165, 1.54) is 0 Å². The molecule has 0 aliphatic heterocycles. The Balaban J connectivity index is 2.38. The lowest BCUT2D eigenvalue weighted by Crippen LogP contribution is -2.26. The van der Waals surface area contributed by atoms with Gasteiger partial charge in [0.2, 0.25) is 0 Å². The minimum Gasteiger partial charge on any atom is -0.304 e. The van der Waals surface area contributed by atoms with Gasteiger partial charge in [0, 0.05) is 13.2 Å². The van der Waals surface area contributed by atoms with E-state index in [0.717, 1.165) is 34.7 Å². The molecule has 1 unspecified atom stereocenters. The number of halogens is 1. The fourth-order valence-corrected chi connectivity index (χ4v) is 2.38. The van der Waals surface area contributed by atoms with E-state index in [0.29, 0.717) is 0 Å². The third kappa shape index (κ3) is 3.16. The maximum absolute atomic E-state index is 4.45. The number of hydrogen-bond acceptors (Lipinski definition) is 5. The molecule has 102 valence electrons. The second-order valence-corrected chi connectivity index (χ2v) is 5.11. The van der Waals surface area contributed by atoms with Crippen LogP contribution in [0.1, 0.15) is 36.5 Å². The van der Waals surface area contributed by atoms with Gasteiger partial charge in [0.05, 0.1) is 29.3 Å². The number of rotatable bonds is 5. The topological polar surface area (TPSA) is 68.5 Å². The zero-order valence-electron chi connectivity index (χ0n) is 11.3. The molecule has 0 amide bonds. The van der Waals surface area contributed by atoms with Crippen molar-refractivity contribution < 1.29 is 0 Å². The second kappa shape index (κ2) is 6.21. The van der Waals surface area contributed by atoms with Crippen LogP contribution in [0.15, 0.2) is 17.0 Å². The molecule has 2 aromatic heterocycles. The van der Waals surface area contributed by atoms with E-state index in [2.05, 4.69) is 48.5 Å². The third-order valence-electron chi connectivity index (χ3n) is 2.80. The Morgan fingerprint density at radius 2 is 2.16 bits per heavy atom. The molecular weight excluding hydrogens is 308 g/mol. The summed E-state index contributed by atoms with van der Waals surface area (Å²) in [4.78, 5) is 8.76. The molecule has 0 saturated heterocycles. The summed E-state index contributed by atoms with van der Waals surface area (Å²) in [7, 11) is 1.87. The van der Waals surface area contributed by atoms with Crippen LogP contribution in [0.2, 0.25) is 0 Å². The van der Waals surface area contributed by atoms with Crippen molar-refractivity contribution in [2.24, 2.45) is 7.05 Å². The van der Waals surface area contributed by atoms with Crippen molar-refractivity contribution in [3.05, 3.63) is 34.1 Å². The normalized spacial score (nSPS) is 12.6. The van der Waals surface area contributed by atoms with E-state index in [1.54, 1.807) is 17.1 Å². The summed E-state index contributed by atoms with van der Waals surface area (Å²) in [6.45, 7) is 4.94. The lowest BCUT2D eigenvalue weighted by Gasteiger charge is -2.18. The number of nitrogens with one attached hydrogen (secondary N) is 1. The van der Waals surface area contributed by atoms with Crippen LogP contribution in [0.5, 0.6) is 0 Å². The number of aryl methyl sites for hydroxylation is 2. The molecule has 19 heavy (non-hydrogen) atoms. The van der Waals surface area contributed by atoms with Gasteiger partial charge in [-0.3, -0.25) is 9.97 Å². The molecule has 0 aliphatic carbocycles. The van der Waals surface area contributed by atoms with E-state index in [4.69, 9.17) is 0 Å². The Kier molecular flexibility index (Phi) is 4.60.